The molecule has 3 amide bonds. The first kappa shape index (κ1) is 29.1. The number of carbonyl (C=O) groups is 3. The minimum absolute atomic E-state index is 0.0652. The Hall–Kier alpha value is -2.88. The molecule has 2 unspecified atom stereocenters. The third-order valence-electron chi connectivity index (χ3n) is 6.14. The van der Waals surface area contributed by atoms with Gasteiger partial charge in [0.25, 0.3) is 5.91 Å². The molecule has 0 radical (unpaired) electrons. The van der Waals surface area contributed by atoms with Crippen LogP contribution in [0.3, 0.4) is 0 Å². The highest BCUT2D eigenvalue weighted by molar-refractivity contribution is 6.53. The van der Waals surface area contributed by atoms with Gasteiger partial charge in [-0.3, -0.25) is 14.5 Å². The van der Waals surface area contributed by atoms with E-state index in [0.29, 0.717) is 27.0 Å². The van der Waals surface area contributed by atoms with Gasteiger partial charge in [0.15, 0.2) is 0 Å². The average Bonchev–Trinajstić information content (AvgIpc) is 3.45. The SMILES string of the molecule is COc1ccc(NC(=O)c2cc(NC(=O)C3C(c4cc(Cl)cc(Cl)c4)C3(Cl)Cl)ccc2Cl)cc1N(C)C(=O)O. The molecule has 13 heteroatoms. The molecule has 3 aromatic rings. The van der Waals surface area contributed by atoms with Gasteiger partial charge in [-0.2, -0.15) is 0 Å². The maximum atomic E-state index is 13.1. The second kappa shape index (κ2) is 11.3. The molecule has 3 N–H and O–H groups in total. The summed E-state index contributed by atoms with van der Waals surface area (Å²) >= 11 is 31.3. The molecule has 0 aromatic heterocycles. The summed E-state index contributed by atoms with van der Waals surface area (Å²) in [7, 11) is 2.75. The molecule has 8 nitrogen and oxygen atoms in total. The summed E-state index contributed by atoms with van der Waals surface area (Å²) in [5, 5.41) is 15.6. The number of hydrogen-bond acceptors (Lipinski definition) is 4. The number of nitrogens with zero attached hydrogens (tertiary/aromatic N) is 1. The molecular weight excluding hydrogens is 612 g/mol. The van der Waals surface area contributed by atoms with Crippen molar-refractivity contribution in [3.05, 3.63) is 80.8 Å². The largest absolute Gasteiger partial charge is 0.495 e. The molecule has 0 heterocycles. The first-order chi connectivity index (χ1) is 18.3. The van der Waals surface area contributed by atoms with E-state index in [9.17, 15) is 19.5 Å². The number of anilines is 3. The molecule has 1 fully saturated rings. The zero-order chi connectivity index (χ0) is 28.6. The Morgan fingerprint density at radius 3 is 2.15 bits per heavy atom. The standard InChI is InChI=1S/C26H20Cl5N3O5/c1-34(25(37)38)19-11-16(4-6-20(19)39-2)32-23(35)17-10-15(3-5-18(17)29)33-24(36)22-21(26(22,30)31)12-7-13(27)9-14(28)8-12/h3-11,21-22H,1-2H3,(H,32,35)(H,33,36)(H,37,38). The highest BCUT2D eigenvalue weighted by Gasteiger charge is 2.67. The molecule has 2 atom stereocenters. The third-order valence-corrected chi connectivity index (χ3v) is 7.85. The molecule has 39 heavy (non-hydrogen) atoms. The van der Waals surface area contributed by atoms with Crippen molar-refractivity contribution >= 4 is 93.0 Å². The molecule has 1 aliphatic rings. The lowest BCUT2D eigenvalue weighted by molar-refractivity contribution is -0.117. The van der Waals surface area contributed by atoms with E-state index in [1.54, 1.807) is 24.3 Å². The molecule has 0 spiro atoms. The van der Waals surface area contributed by atoms with Gasteiger partial charge < -0.3 is 20.5 Å². The van der Waals surface area contributed by atoms with Crippen LogP contribution < -0.4 is 20.3 Å². The molecule has 0 bridgehead atoms. The van der Waals surface area contributed by atoms with Crippen LogP contribution in [0, 0.1) is 5.92 Å². The zero-order valence-electron chi connectivity index (χ0n) is 20.3. The number of carboxylic acid groups (broad SMARTS) is 1. The van der Waals surface area contributed by atoms with Crippen LogP contribution in [0.5, 0.6) is 5.75 Å². The van der Waals surface area contributed by atoms with E-state index in [4.69, 9.17) is 62.7 Å². The van der Waals surface area contributed by atoms with Crippen molar-refractivity contribution in [3.63, 3.8) is 0 Å². The lowest BCUT2D eigenvalue weighted by atomic mass is 10.1. The molecular formula is C26H20Cl5N3O5. The van der Waals surface area contributed by atoms with E-state index in [-0.39, 0.29) is 22.0 Å². The predicted octanol–water partition coefficient (Wildman–Crippen LogP) is 7.55. The molecule has 204 valence electrons. The fourth-order valence-electron chi connectivity index (χ4n) is 4.15. The number of carbonyl (C=O) groups excluding carboxylic acids is 2. The normalized spacial score (nSPS) is 17.2. The van der Waals surface area contributed by atoms with Crippen molar-refractivity contribution < 1.29 is 24.2 Å². The van der Waals surface area contributed by atoms with Crippen molar-refractivity contribution in [2.24, 2.45) is 5.92 Å². The summed E-state index contributed by atoms with van der Waals surface area (Å²) in [6.45, 7) is 0. The number of nitrogens with one attached hydrogen (secondary N) is 2. The van der Waals surface area contributed by atoms with Crippen molar-refractivity contribution in [1.29, 1.82) is 0 Å². The number of halogens is 5. The van der Waals surface area contributed by atoms with E-state index in [2.05, 4.69) is 10.6 Å². The number of methoxy groups -OCH3 is 1. The summed E-state index contributed by atoms with van der Waals surface area (Å²) in [6, 6.07) is 13.8. The van der Waals surface area contributed by atoms with Crippen LogP contribution in [0.15, 0.2) is 54.6 Å². The first-order valence-corrected chi connectivity index (χ1v) is 13.1. The topological polar surface area (TPSA) is 108 Å². The van der Waals surface area contributed by atoms with Crippen LogP contribution in [0.1, 0.15) is 21.8 Å². The van der Waals surface area contributed by atoms with Gasteiger partial charge in [0, 0.05) is 34.4 Å². The van der Waals surface area contributed by atoms with Crippen molar-refractivity contribution in [1.82, 2.24) is 0 Å². The number of amides is 3. The number of alkyl halides is 2. The molecule has 0 saturated heterocycles. The van der Waals surface area contributed by atoms with Gasteiger partial charge in [-0.05, 0) is 60.2 Å². The number of hydrogen-bond donors (Lipinski definition) is 3. The van der Waals surface area contributed by atoms with Gasteiger partial charge in [0.1, 0.15) is 10.1 Å². The number of benzene rings is 3. The lowest BCUT2D eigenvalue weighted by Crippen LogP contribution is -2.24. The van der Waals surface area contributed by atoms with Gasteiger partial charge in [-0.15, -0.1) is 23.2 Å². The van der Waals surface area contributed by atoms with Gasteiger partial charge in [0.05, 0.1) is 29.3 Å². The summed E-state index contributed by atoms with van der Waals surface area (Å²) < 4.78 is 3.83. The van der Waals surface area contributed by atoms with Crippen LogP contribution in [0.4, 0.5) is 21.9 Å². The highest BCUT2D eigenvalue weighted by atomic mass is 35.5. The maximum absolute atomic E-state index is 13.1. The van der Waals surface area contributed by atoms with Gasteiger partial charge >= 0.3 is 6.09 Å². The smallest absolute Gasteiger partial charge is 0.411 e. The van der Waals surface area contributed by atoms with Gasteiger partial charge in [-0.1, -0.05) is 34.8 Å². The Balaban J connectivity index is 1.52. The van der Waals surface area contributed by atoms with Crippen molar-refractivity contribution in [2.75, 3.05) is 29.7 Å². The second-order valence-electron chi connectivity index (χ2n) is 8.70. The molecule has 3 aromatic carbocycles. The summed E-state index contributed by atoms with van der Waals surface area (Å²) in [6.07, 6.45) is -1.21. The van der Waals surface area contributed by atoms with E-state index >= 15 is 0 Å². The third kappa shape index (κ3) is 6.15. The van der Waals surface area contributed by atoms with Gasteiger partial charge in [-0.25, -0.2) is 4.79 Å². The Morgan fingerprint density at radius 1 is 0.923 bits per heavy atom. The second-order valence-corrected chi connectivity index (χ2v) is 11.4. The van der Waals surface area contributed by atoms with Crippen LogP contribution in [-0.2, 0) is 4.79 Å². The average molecular weight is 632 g/mol. The van der Waals surface area contributed by atoms with Crippen molar-refractivity contribution in [3.8, 4) is 5.75 Å². The Bertz CT molecular complexity index is 1460. The monoisotopic (exact) mass is 629 g/mol. The summed E-state index contributed by atoms with van der Waals surface area (Å²) in [5.74, 6) is -2.10. The molecule has 0 aliphatic heterocycles. The van der Waals surface area contributed by atoms with E-state index in [1.165, 1.54) is 44.5 Å². The predicted molar refractivity (Wildman–Crippen MR) is 155 cm³/mol. The summed E-state index contributed by atoms with van der Waals surface area (Å²) in [5.41, 5.74) is 1.50. The summed E-state index contributed by atoms with van der Waals surface area (Å²) in [4.78, 5) is 38.5. The fraction of sp³-hybridized carbons (Fsp3) is 0.192. The zero-order valence-corrected chi connectivity index (χ0v) is 24.0. The van der Waals surface area contributed by atoms with Crippen LogP contribution in [0.25, 0.3) is 0 Å². The maximum Gasteiger partial charge on any atom is 0.411 e. The van der Waals surface area contributed by atoms with Crippen molar-refractivity contribution in [2.45, 2.75) is 10.3 Å². The van der Waals surface area contributed by atoms with Gasteiger partial charge in [0.2, 0.25) is 5.91 Å². The number of rotatable bonds is 7. The lowest BCUT2D eigenvalue weighted by Gasteiger charge is -2.18. The quantitative estimate of drug-likeness (QED) is 0.234. The van der Waals surface area contributed by atoms with E-state index in [0.717, 1.165) is 4.90 Å². The Labute approximate surface area is 248 Å². The fourth-order valence-corrected chi connectivity index (χ4v) is 5.73. The molecule has 1 saturated carbocycles. The number of ether oxygens (including phenoxy) is 1. The van der Waals surface area contributed by atoms with E-state index < -0.39 is 34.1 Å². The van der Waals surface area contributed by atoms with Crippen LogP contribution in [-0.4, -0.2) is 41.5 Å². The molecule has 1 aliphatic carbocycles. The van der Waals surface area contributed by atoms with E-state index in [1.807, 2.05) is 0 Å². The Morgan fingerprint density at radius 2 is 1.54 bits per heavy atom. The minimum atomic E-state index is -1.38. The highest BCUT2D eigenvalue weighted by Crippen LogP contribution is 2.65. The van der Waals surface area contributed by atoms with Crippen LogP contribution >= 0.6 is 58.0 Å². The minimum Gasteiger partial charge on any atom is -0.495 e. The Kier molecular flexibility index (Phi) is 8.44. The molecule has 4 rings (SSSR count). The first-order valence-electron chi connectivity index (χ1n) is 11.2. The van der Waals surface area contributed by atoms with Crippen LogP contribution in [0.2, 0.25) is 15.1 Å².